The lowest BCUT2D eigenvalue weighted by molar-refractivity contribution is 0.0624. The second kappa shape index (κ2) is 7.09. The number of H-pyrrole nitrogens is 1. The standard InChI is InChI=1S/C21H17ClF2N6O3/c22-10-2-1-6-30-13(10)8-12(28-30)16-14-11(25-9-26-14)3-7-29(16)19(31)17-15(18(23)24)27-20(33-17)21(32)4-5-21/h1-2,6,8-9,16,18,32H,3-5,7H2,(H,25,26). The predicted octanol–water partition coefficient (Wildman–Crippen LogP) is 3.41. The number of carbonyl (C=O) groups is 1. The number of amides is 1. The van der Waals surface area contributed by atoms with Gasteiger partial charge in [0.1, 0.15) is 11.6 Å². The summed E-state index contributed by atoms with van der Waals surface area (Å²) in [5.41, 5.74) is 0.330. The topological polar surface area (TPSA) is 113 Å². The Morgan fingerprint density at radius 1 is 1.39 bits per heavy atom. The van der Waals surface area contributed by atoms with Crippen LogP contribution < -0.4 is 0 Å². The number of nitrogens with one attached hydrogen (secondary N) is 1. The number of aliphatic hydroxyl groups is 1. The molecule has 1 aliphatic heterocycles. The summed E-state index contributed by atoms with van der Waals surface area (Å²) in [4.78, 5) is 26.2. The highest BCUT2D eigenvalue weighted by Gasteiger charge is 2.49. The minimum atomic E-state index is -3.04. The summed E-state index contributed by atoms with van der Waals surface area (Å²) in [5.74, 6) is -1.60. The number of imidazole rings is 1. The second-order valence-electron chi connectivity index (χ2n) is 8.24. The normalized spacial score (nSPS) is 19.3. The number of rotatable bonds is 4. The van der Waals surface area contributed by atoms with Crippen LogP contribution in [-0.4, -0.2) is 47.0 Å². The van der Waals surface area contributed by atoms with Crippen molar-refractivity contribution in [2.75, 3.05) is 6.54 Å². The van der Waals surface area contributed by atoms with Gasteiger partial charge in [-0.1, -0.05) is 11.6 Å². The molecule has 2 aliphatic rings. The number of aromatic nitrogens is 5. The highest BCUT2D eigenvalue weighted by atomic mass is 35.5. The average Bonchev–Trinajstić information content (AvgIpc) is 3.24. The lowest BCUT2D eigenvalue weighted by Gasteiger charge is -2.33. The van der Waals surface area contributed by atoms with Crippen LogP contribution in [0.2, 0.25) is 5.02 Å². The van der Waals surface area contributed by atoms with Crippen LogP contribution in [0.3, 0.4) is 0 Å². The van der Waals surface area contributed by atoms with E-state index in [-0.39, 0.29) is 12.4 Å². The van der Waals surface area contributed by atoms with Gasteiger partial charge in [0.15, 0.2) is 5.69 Å². The van der Waals surface area contributed by atoms with Crippen molar-refractivity contribution < 1.29 is 23.1 Å². The predicted molar refractivity (Wildman–Crippen MR) is 110 cm³/mol. The van der Waals surface area contributed by atoms with Crippen molar-refractivity contribution in [3.63, 3.8) is 0 Å². The molecule has 1 atom stereocenters. The lowest BCUT2D eigenvalue weighted by Crippen LogP contribution is -2.41. The van der Waals surface area contributed by atoms with Gasteiger partial charge in [0.2, 0.25) is 11.7 Å². The Morgan fingerprint density at radius 2 is 2.21 bits per heavy atom. The van der Waals surface area contributed by atoms with Crippen LogP contribution in [0.15, 0.2) is 35.1 Å². The number of carbonyl (C=O) groups excluding carboxylic acids is 1. The van der Waals surface area contributed by atoms with Crippen molar-refractivity contribution in [3.05, 3.63) is 70.2 Å². The average molecular weight is 475 g/mol. The van der Waals surface area contributed by atoms with E-state index < -0.39 is 35.4 Å². The molecule has 1 saturated carbocycles. The Labute approximate surface area is 190 Å². The maximum absolute atomic E-state index is 13.7. The maximum Gasteiger partial charge on any atom is 0.292 e. The van der Waals surface area contributed by atoms with E-state index in [9.17, 15) is 18.7 Å². The molecule has 33 heavy (non-hydrogen) atoms. The highest BCUT2D eigenvalue weighted by molar-refractivity contribution is 6.33. The summed E-state index contributed by atoms with van der Waals surface area (Å²) >= 11 is 6.30. The van der Waals surface area contributed by atoms with Crippen molar-refractivity contribution in [1.29, 1.82) is 0 Å². The zero-order chi connectivity index (χ0) is 22.9. The quantitative estimate of drug-likeness (QED) is 0.469. The van der Waals surface area contributed by atoms with Crippen LogP contribution in [0.25, 0.3) is 5.52 Å². The highest BCUT2D eigenvalue weighted by Crippen LogP contribution is 2.46. The zero-order valence-corrected chi connectivity index (χ0v) is 17.8. The molecule has 4 aromatic rings. The van der Waals surface area contributed by atoms with Crippen molar-refractivity contribution in [3.8, 4) is 0 Å². The van der Waals surface area contributed by atoms with E-state index in [1.807, 2.05) is 0 Å². The third kappa shape index (κ3) is 3.14. The number of aromatic amines is 1. The molecule has 6 rings (SSSR count). The summed E-state index contributed by atoms with van der Waals surface area (Å²) in [6, 6.07) is 4.44. The Morgan fingerprint density at radius 3 is 2.94 bits per heavy atom. The van der Waals surface area contributed by atoms with Gasteiger partial charge in [0.05, 0.1) is 28.3 Å². The molecule has 12 heteroatoms. The van der Waals surface area contributed by atoms with Gasteiger partial charge in [0.25, 0.3) is 12.3 Å². The molecule has 2 N–H and O–H groups in total. The minimum absolute atomic E-state index is 0.212. The Balaban J connectivity index is 1.46. The smallest absolute Gasteiger partial charge is 0.292 e. The number of nitrogens with zero attached hydrogens (tertiary/aromatic N) is 5. The van der Waals surface area contributed by atoms with Gasteiger partial charge >= 0.3 is 0 Å². The first-order chi connectivity index (χ1) is 15.9. The van der Waals surface area contributed by atoms with E-state index in [1.54, 1.807) is 28.9 Å². The third-order valence-corrected chi connectivity index (χ3v) is 6.43. The molecule has 0 bridgehead atoms. The number of pyridine rings is 1. The molecule has 1 unspecified atom stereocenters. The Kier molecular flexibility index (Phi) is 4.36. The van der Waals surface area contributed by atoms with E-state index in [0.29, 0.717) is 41.2 Å². The van der Waals surface area contributed by atoms with Gasteiger partial charge in [-0.15, -0.1) is 0 Å². The molecule has 0 aromatic carbocycles. The monoisotopic (exact) mass is 474 g/mol. The Hall–Kier alpha value is -3.31. The van der Waals surface area contributed by atoms with E-state index in [1.165, 1.54) is 11.2 Å². The van der Waals surface area contributed by atoms with E-state index in [2.05, 4.69) is 20.1 Å². The van der Waals surface area contributed by atoms with Crippen LogP contribution in [0.4, 0.5) is 8.78 Å². The summed E-state index contributed by atoms with van der Waals surface area (Å²) in [5, 5.41) is 15.3. The van der Waals surface area contributed by atoms with Gasteiger partial charge in [-0.25, -0.2) is 23.3 Å². The molecule has 5 heterocycles. The van der Waals surface area contributed by atoms with Crippen molar-refractivity contribution in [1.82, 2.24) is 29.5 Å². The Bertz CT molecular complexity index is 1390. The number of fused-ring (bicyclic) bond motifs is 2. The molecule has 4 aromatic heterocycles. The van der Waals surface area contributed by atoms with E-state index in [4.69, 9.17) is 16.0 Å². The molecule has 170 valence electrons. The number of hydrogen-bond acceptors (Lipinski definition) is 6. The SMILES string of the molecule is O=C(c1oc(C2(O)CC2)nc1C(F)F)N1CCc2[nH]cnc2C1c1cc2c(Cl)cccn2n1. The number of alkyl halides is 2. The second-order valence-corrected chi connectivity index (χ2v) is 8.65. The minimum Gasteiger partial charge on any atom is -0.432 e. The van der Waals surface area contributed by atoms with Gasteiger partial charge in [-0.3, -0.25) is 4.79 Å². The molecule has 1 amide bonds. The van der Waals surface area contributed by atoms with Crippen molar-refractivity contribution in [2.24, 2.45) is 0 Å². The van der Waals surface area contributed by atoms with Crippen molar-refractivity contribution >= 4 is 23.0 Å². The number of hydrogen-bond donors (Lipinski definition) is 2. The summed E-state index contributed by atoms with van der Waals surface area (Å²) in [7, 11) is 0. The first-order valence-corrected chi connectivity index (χ1v) is 10.7. The number of oxazole rings is 1. The first kappa shape index (κ1) is 20.3. The first-order valence-electron chi connectivity index (χ1n) is 10.3. The van der Waals surface area contributed by atoms with Crippen molar-refractivity contribution in [2.45, 2.75) is 37.3 Å². The zero-order valence-electron chi connectivity index (χ0n) is 17.0. The van der Waals surface area contributed by atoms with Gasteiger partial charge in [0, 0.05) is 24.9 Å². The van der Waals surface area contributed by atoms with Crippen LogP contribution in [0.5, 0.6) is 0 Å². The fraction of sp³-hybridized carbons (Fsp3) is 0.333. The maximum atomic E-state index is 13.7. The molecule has 0 radical (unpaired) electrons. The molecule has 0 spiro atoms. The largest absolute Gasteiger partial charge is 0.432 e. The summed E-state index contributed by atoms with van der Waals surface area (Å²) in [6.07, 6.45) is 1.33. The van der Waals surface area contributed by atoms with Crippen LogP contribution in [-0.2, 0) is 12.0 Å². The number of halogens is 3. The summed E-state index contributed by atoms with van der Waals surface area (Å²) in [6.45, 7) is 0.212. The molecule has 1 fully saturated rings. The van der Waals surface area contributed by atoms with Crippen LogP contribution >= 0.6 is 11.6 Å². The van der Waals surface area contributed by atoms with Gasteiger partial charge in [-0.05, 0) is 31.0 Å². The van der Waals surface area contributed by atoms with E-state index >= 15 is 0 Å². The fourth-order valence-corrected chi connectivity index (χ4v) is 4.44. The van der Waals surface area contributed by atoms with Crippen LogP contribution in [0, 0.1) is 0 Å². The van der Waals surface area contributed by atoms with Gasteiger partial charge in [-0.2, -0.15) is 5.10 Å². The van der Waals surface area contributed by atoms with E-state index in [0.717, 1.165) is 5.69 Å². The molecular weight excluding hydrogens is 458 g/mol. The molecule has 0 saturated heterocycles. The molecular formula is C21H17ClF2N6O3. The fourth-order valence-electron chi connectivity index (χ4n) is 4.22. The third-order valence-electron chi connectivity index (χ3n) is 6.11. The molecule has 1 aliphatic carbocycles. The molecule has 9 nitrogen and oxygen atoms in total. The lowest BCUT2D eigenvalue weighted by atomic mass is 9.99. The summed E-state index contributed by atoms with van der Waals surface area (Å²) < 4.78 is 34.5. The van der Waals surface area contributed by atoms with Crippen LogP contribution in [0.1, 0.15) is 64.5 Å². The van der Waals surface area contributed by atoms with Gasteiger partial charge < -0.3 is 19.4 Å².